The highest BCUT2D eigenvalue weighted by molar-refractivity contribution is 6.25. The molecule has 1 aliphatic rings. The van der Waals surface area contributed by atoms with Crippen molar-refractivity contribution in [3.05, 3.63) is 57.8 Å². The Labute approximate surface area is 127 Å². The van der Waals surface area contributed by atoms with Gasteiger partial charge in [0.05, 0.1) is 0 Å². The number of benzene rings is 1. The Morgan fingerprint density at radius 3 is 2.00 bits per heavy atom. The van der Waals surface area contributed by atoms with E-state index >= 15 is 0 Å². The van der Waals surface area contributed by atoms with Gasteiger partial charge in [-0.15, -0.1) is 0 Å². The van der Waals surface area contributed by atoms with Gasteiger partial charge in [-0.2, -0.15) is 0 Å². The summed E-state index contributed by atoms with van der Waals surface area (Å²) in [6, 6.07) is 11.1. The summed E-state index contributed by atoms with van der Waals surface area (Å²) in [6.45, 7) is 11.8. The van der Waals surface area contributed by atoms with Crippen molar-refractivity contribution in [1.29, 1.82) is 0 Å². The normalized spacial score (nSPS) is 20.1. The van der Waals surface area contributed by atoms with Gasteiger partial charge in [-0.1, -0.05) is 67.4 Å². The van der Waals surface area contributed by atoms with Gasteiger partial charge < -0.3 is 0 Å². The highest BCUT2D eigenvalue weighted by Gasteiger charge is 2.39. The molecule has 1 atom stereocenters. The molecule has 0 saturated carbocycles. The van der Waals surface area contributed by atoms with Crippen LogP contribution < -0.4 is 0 Å². The molecule has 0 bridgehead atoms. The van der Waals surface area contributed by atoms with Crippen molar-refractivity contribution in [1.82, 2.24) is 0 Å². The molecule has 0 nitrogen and oxygen atoms in total. The molecular formula is C19H28Si. The van der Waals surface area contributed by atoms with Crippen LogP contribution in [0.4, 0.5) is 0 Å². The first-order chi connectivity index (χ1) is 9.49. The summed E-state index contributed by atoms with van der Waals surface area (Å²) in [5, 5.41) is 1.65. The Hall–Kier alpha value is -1.08. The number of allylic oxidation sites excluding steroid dienone is 4. The summed E-state index contributed by atoms with van der Waals surface area (Å²) in [7, 11) is 1.17. The van der Waals surface area contributed by atoms with E-state index in [1.807, 2.05) is 0 Å². The van der Waals surface area contributed by atoms with Gasteiger partial charge in [0.25, 0.3) is 0 Å². The van der Waals surface area contributed by atoms with Crippen LogP contribution in [0, 0.1) is 5.92 Å². The summed E-state index contributed by atoms with van der Waals surface area (Å²) in [4.78, 5) is 0. The van der Waals surface area contributed by atoms with E-state index in [0.717, 1.165) is 0 Å². The van der Waals surface area contributed by atoms with Gasteiger partial charge in [-0.05, 0) is 43.7 Å². The minimum absolute atomic E-state index is 0.220. The van der Waals surface area contributed by atoms with E-state index in [4.69, 9.17) is 0 Å². The number of hydrogen-bond acceptors (Lipinski definition) is 0. The average Bonchev–Trinajstić information content (AvgIpc) is 2.68. The molecule has 0 fully saturated rings. The SMILES string of the molecule is CCC(CC)(C1=C(C)C([SiH3])=C(C)C1C)c1ccccc1. The van der Waals surface area contributed by atoms with Gasteiger partial charge in [0.15, 0.2) is 0 Å². The maximum absolute atomic E-state index is 2.40. The monoisotopic (exact) mass is 284 g/mol. The molecule has 2 rings (SSSR count). The van der Waals surface area contributed by atoms with Crippen LogP contribution in [0.25, 0.3) is 0 Å². The molecule has 0 radical (unpaired) electrons. The van der Waals surface area contributed by atoms with E-state index in [9.17, 15) is 0 Å². The molecule has 0 aliphatic heterocycles. The van der Waals surface area contributed by atoms with Crippen molar-refractivity contribution < 1.29 is 0 Å². The van der Waals surface area contributed by atoms with E-state index in [1.165, 1.54) is 28.6 Å². The fourth-order valence-electron chi connectivity index (χ4n) is 4.09. The largest absolute Gasteiger partial charge is 0.0684 e. The van der Waals surface area contributed by atoms with Crippen LogP contribution >= 0.6 is 0 Å². The lowest BCUT2D eigenvalue weighted by molar-refractivity contribution is 0.432. The molecule has 1 heteroatoms. The second-order valence-electron chi connectivity index (χ2n) is 6.22. The second-order valence-corrected chi connectivity index (χ2v) is 7.22. The molecule has 0 heterocycles. The van der Waals surface area contributed by atoms with Crippen LogP contribution in [-0.2, 0) is 5.41 Å². The first-order valence-corrected chi connectivity index (χ1v) is 8.94. The quantitative estimate of drug-likeness (QED) is 0.721. The Morgan fingerprint density at radius 2 is 1.60 bits per heavy atom. The van der Waals surface area contributed by atoms with Crippen LogP contribution in [0.5, 0.6) is 0 Å². The zero-order valence-corrected chi connectivity index (χ0v) is 15.9. The highest BCUT2D eigenvalue weighted by atomic mass is 28.1. The van der Waals surface area contributed by atoms with Crippen molar-refractivity contribution in [3.8, 4) is 0 Å². The summed E-state index contributed by atoms with van der Waals surface area (Å²) in [6.07, 6.45) is 2.37. The fourth-order valence-corrected chi connectivity index (χ4v) is 4.79. The molecular weight excluding hydrogens is 256 g/mol. The van der Waals surface area contributed by atoms with Gasteiger partial charge in [0.2, 0.25) is 0 Å². The topological polar surface area (TPSA) is 0 Å². The predicted octanol–water partition coefficient (Wildman–Crippen LogP) is 4.35. The molecule has 0 saturated heterocycles. The number of hydrogen-bond donors (Lipinski definition) is 0. The number of rotatable bonds is 4. The van der Waals surface area contributed by atoms with Gasteiger partial charge >= 0.3 is 0 Å². The lowest BCUT2D eigenvalue weighted by atomic mass is 9.66. The Morgan fingerprint density at radius 1 is 1.05 bits per heavy atom. The third kappa shape index (κ3) is 2.12. The van der Waals surface area contributed by atoms with Crippen LogP contribution in [0.3, 0.4) is 0 Å². The molecule has 0 spiro atoms. The Kier molecular flexibility index (Phi) is 4.39. The molecule has 20 heavy (non-hydrogen) atoms. The van der Waals surface area contributed by atoms with Crippen LogP contribution in [0.1, 0.15) is 53.0 Å². The second kappa shape index (κ2) is 5.73. The van der Waals surface area contributed by atoms with Crippen molar-refractivity contribution >= 4 is 10.2 Å². The summed E-state index contributed by atoms with van der Waals surface area (Å²) in [5.41, 5.74) is 6.62. The molecule has 1 aliphatic carbocycles. The molecule has 0 N–H and O–H groups in total. The molecule has 0 aromatic heterocycles. The zero-order chi connectivity index (χ0) is 14.9. The highest BCUT2D eigenvalue weighted by Crippen LogP contribution is 2.50. The third-order valence-electron chi connectivity index (χ3n) is 5.69. The molecule has 1 aromatic carbocycles. The maximum atomic E-state index is 2.40. The zero-order valence-electron chi connectivity index (χ0n) is 13.9. The fraction of sp³-hybridized carbons (Fsp3) is 0.474. The maximum Gasteiger partial charge on any atom is 0.0388 e. The van der Waals surface area contributed by atoms with E-state index < -0.39 is 0 Å². The smallest absolute Gasteiger partial charge is 0.0388 e. The van der Waals surface area contributed by atoms with Crippen LogP contribution in [0.2, 0.25) is 0 Å². The van der Waals surface area contributed by atoms with E-state index in [1.54, 1.807) is 21.9 Å². The van der Waals surface area contributed by atoms with Crippen molar-refractivity contribution in [2.45, 2.75) is 52.9 Å². The van der Waals surface area contributed by atoms with E-state index in [-0.39, 0.29) is 5.41 Å². The van der Waals surface area contributed by atoms with Crippen LogP contribution in [-0.4, -0.2) is 10.2 Å². The summed E-state index contributed by atoms with van der Waals surface area (Å²) < 4.78 is 0. The molecule has 1 unspecified atom stereocenters. The Balaban J connectivity index is 2.63. The first kappa shape index (κ1) is 15.3. The standard InChI is InChI=1S/C19H28Si/c1-6-19(7-2,16-11-9-8-10-12-16)17-13(3)14(4)18(20)15(17)5/h8-13H,6-7H2,1-5,20H3. The summed E-state index contributed by atoms with van der Waals surface area (Å²) in [5.74, 6) is 0.614. The van der Waals surface area contributed by atoms with Crippen molar-refractivity contribution in [3.63, 3.8) is 0 Å². The summed E-state index contributed by atoms with van der Waals surface area (Å²) >= 11 is 0. The molecule has 1 aromatic rings. The lowest BCUT2D eigenvalue weighted by Crippen LogP contribution is -2.30. The van der Waals surface area contributed by atoms with Gasteiger partial charge in [-0.3, -0.25) is 0 Å². The first-order valence-electron chi connectivity index (χ1n) is 7.94. The van der Waals surface area contributed by atoms with Gasteiger partial charge in [-0.25, -0.2) is 0 Å². The minimum atomic E-state index is 0.220. The van der Waals surface area contributed by atoms with E-state index in [0.29, 0.717) is 5.92 Å². The molecule has 108 valence electrons. The third-order valence-corrected chi connectivity index (χ3v) is 7.23. The van der Waals surface area contributed by atoms with E-state index in [2.05, 4.69) is 65.0 Å². The van der Waals surface area contributed by atoms with Crippen molar-refractivity contribution in [2.75, 3.05) is 0 Å². The van der Waals surface area contributed by atoms with Gasteiger partial charge in [0.1, 0.15) is 0 Å². The Bertz CT molecular complexity index is 544. The minimum Gasteiger partial charge on any atom is -0.0684 e. The van der Waals surface area contributed by atoms with Crippen molar-refractivity contribution in [2.24, 2.45) is 5.92 Å². The average molecular weight is 285 g/mol. The van der Waals surface area contributed by atoms with Gasteiger partial charge in [0, 0.05) is 15.7 Å². The predicted molar refractivity (Wildman–Crippen MR) is 93.2 cm³/mol. The molecule has 0 amide bonds. The lowest BCUT2D eigenvalue weighted by Gasteiger charge is -2.38. The van der Waals surface area contributed by atoms with Crippen LogP contribution in [0.15, 0.2) is 52.2 Å².